The molecule has 108 valence electrons. The van der Waals surface area contributed by atoms with Crippen LogP contribution in [0.25, 0.3) is 0 Å². The summed E-state index contributed by atoms with van der Waals surface area (Å²) >= 11 is 2.26. The minimum absolute atomic E-state index is 0.0227. The zero-order valence-electron chi connectivity index (χ0n) is 10.8. The van der Waals surface area contributed by atoms with Crippen molar-refractivity contribution < 1.29 is 18.3 Å². The molecule has 0 aliphatic heterocycles. The monoisotopic (exact) mass is 331 g/mol. The SMILES string of the molecule is Cc1cc(S(=O)(=O)NC(C)c2ccsc2)sc1C(=O)O. The Hall–Kier alpha value is -1.22. The minimum atomic E-state index is -3.71. The molecule has 2 aromatic heterocycles. The first kappa shape index (κ1) is 15.2. The van der Waals surface area contributed by atoms with Gasteiger partial charge in [0.15, 0.2) is 0 Å². The summed E-state index contributed by atoms with van der Waals surface area (Å²) in [5.41, 5.74) is 1.33. The van der Waals surface area contributed by atoms with Crippen molar-refractivity contribution in [3.63, 3.8) is 0 Å². The third-order valence-electron chi connectivity index (χ3n) is 2.73. The molecule has 20 heavy (non-hydrogen) atoms. The van der Waals surface area contributed by atoms with Gasteiger partial charge >= 0.3 is 5.97 Å². The second kappa shape index (κ2) is 5.65. The molecule has 0 amide bonds. The number of carbonyl (C=O) groups is 1. The molecule has 0 aliphatic rings. The third kappa shape index (κ3) is 3.09. The molecule has 2 N–H and O–H groups in total. The fourth-order valence-corrected chi connectivity index (χ4v) is 5.06. The number of hydrogen-bond acceptors (Lipinski definition) is 5. The molecule has 2 aromatic rings. The molecule has 8 heteroatoms. The summed E-state index contributed by atoms with van der Waals surface area (Å²) in [7, 11) is -3.71. The van der Waals surface area contributed by atoms with E-state index in [1.54, 1.807) is 13.8 Å². The molecule has 0 bridgehead atoms. The highest BCUT2D eigenvalue weighted by atomic mass is 32.2. The van der Waals surface area contributed by atoms with Crippen molar-refractivity contribution >= 4 is 38.7 Å². The molecular weight excluding hydrogens is 318 g/mol. The number of hydrogen-bond donors (Lipinski definition) is 2. The molecule has 1 unspecified atom stereocenters. The maximum absolute atomic E-state index is 12.2. The van der Waals surface area contributed by atoms with Crippen LogP contribution in [0.3, 0.4) is 0 Å². The lowest BCUT2D eigenvalue weighted by Crippen LogP contribution is -2.25. The van der Waals surface area contributed by atoms with Gasteiger partial charge in [-0.15, -0.1) is 11.3 Å². The van der Waals surface area contributed by atoms with Gasteiger partial charge in [0.25, 0.3) is 10.0 Å². The molecule has 0 saturated carbocycles. The number of carboxylic acids is 1. The summed E-state index contributed by atoms with van der Waals surface area (Å²) in [6, 6.07) is 2.87. The Kier molecular flexibility index (Phi) is 4.28. The molecule has 0 spiro atoms. The van der Waals surface area contributed by atoms with Crippen molar-refractivity contribution in [2.45, 2.75) is 24.1 Å². The highest BCUT2D eigenvalue weighted by Crippen LogP contribution is 2.27. The van der Waals surface area contributed by atoms with E-state index in [2.05, 4.69) is 4.72 Å². The molecule has 5 nitrogen and oxygen atoms in total. The van der Waals surface area contributed by atoms with Crippen LogP contribution < -0.4 is 4.72 Å². The topological polar surface area (TPSA) is 83.5 Å². The number of aromatic carboxylic acids is 1. The summed E-state index contributed by atoms with van der Waals surface area (Å²) in [5, 5.41) is 12.7. The fourth-order valence-electron chi connectivity index (χ4n) is 1.68. The lowest BCUT2D eigenvalue weighted by atomic mass is 10.2. The van der Waals surface area contributed by atoms with Crippen LogP contribution in [0.4, 0.5) is 0 Å². The highest BCUT2D eigenvalue weighted by Gasteiger charge is 2.23. The molecule has 0 radical (unpaired) electrons. The zero-order chi connectivity index (χ0) is 14.9. The standard InChI is InChI=1S/C12H13NO4S3/c1-7-5-10(19-11(7)12(14)15)20(16,17)13-8(2)9-3-4-18-6-9/h3-6,8,13H,1-2H3,(H,14,15). The Bertz CT molecular complexity index is 716. The van der Waals surface area contributed by atoms with Crippen molar-refractivity contribution in [1.29, 1.82) is 0 Å². The van der Waals surface area contributed by atoms with Crippen LogP contribution in [0.2, 0.25) is 0 Å². The number of nitrogens with one attached hydrogen (secondary N) is 1. The van der Waals surface area contributed by atoms with Gasteiger partial charge in [-0.25, -0.2) is 17.9 Å². The van der Waals surface area contributed by atoms with Gasteiger partial charge in [0.05, 0.1) is 0 Å². The van der Waals surface area contributed by atoms with Gasteiger partial charge in [-0.1, -0.05) is 0 Å². The van der Waals surface area contributed by atoms with E-state index in [-0.39, 0.29) is 15.1 Å². The molecule has 0 aromatic carbocycles. The second-order valence-electron chi connectivity index (χ2n) is 4.28. The summed E-state index contributed by atoms with van der Waals surface area (Å²) < 4.78 is 27.0. The Labute approximate surface area is 124 Å². The first-order valence-corrected chi connectivity index (χ1v) is 8.93. The van der Waals surface area contributed by atoms with E-state index < -0.39 is 16.0 Å². The van der Waals surface area contributed by atoms with E-state index >= 15 is 0 Å². The first-order chi connectivity index (χ1) is 9.31. The zero-order valence-corrected chi connectivity index (χ0v) is 13.2. The smallest absolute Gasteiger partial charge is 0.346 e. The molecule has 0 aliphatic carbocycles. The van der Waals surface area contributed by atoms with Gasteiger partial charge in [-0.05, 0) is 47.9 Å². The van der Waals surface area contributed by atoms with Crippen LogP contribution >= 0.6 is 22.7 Å². The Morgan fingerprint density at radius 2 is 2.15 bits per heavy atom. The maximum atomic E-state index is 12.2. The van der Waals surface area contributed by atoms with Crippen molar-refractivity contribution in [3.05, 3.63) is 38.9 Å². The van der Waals surface area contributed by atoms with E-state index in [9.17, 15) is 13.2 Å². The van der Waals surface area contributed by atoms with Gasteiger partial charge in [-0.3, -0.25) is 0 Å². The van der Waals surface area contributed by atoms with Gasteiger partial charge in [0.1, 0.15) is 9.09 Å². The van der Waals surface area contributed by atoms with E-state index in [0.717, 1.165) is 16.9 Å². The number of thiophene rings is 2. The van der Waals surface area contributed by atoms with Crippen LogP contribution in [-0.4, -0.2) is 19.5 Å². The quantitative estimate of drug-likeness (QED) is 0.882. The van der Waals surface area contributed by atoms with Gasteiger partial charge in [0, 0.05) is 6.04 Å². The highest BCUT2D eigenvalue weighted by molar-refractivity contribution is 7.91. The Morgan fingerprint density at radius 3 is 2.65 bits per heavy atom. The van der Waals surface area contributed by atoms with E-state index in [4.69, 9.17) is 5.11 Å². The van der Waals surface area contributed by atoms with E-state index in [1.807, 2.05) is 16.8 Å². The van der Waals surface area contributed by atoms with Crippen molar-refractivity contribution in [1.82, 2.24) is 4.72 Å². The fraction of sp³-hybridized carbons (Fsp3) is 0.250. The van der Waals surface area contributed by atoms with Crippen LogP contribution in [-0.2, 0) is 10.0 Å². The Balaban J connectivity index is 2.27. The van der Waals surface area contributed by atoms with Crippen molar-refractivity contribution in [2.75, 3.05) is 0 Å². The molecular formula is C12H13NO4S3. The predicted molar refractivity (Wildman–Crippen MR) is 79.1 cm³/mol. The van der Waals surface area contributed by atoms with Crippen LogP contribution in [0.5, 0.6) is 0 Å². The summed E-state index contributed by atoms with van der Waals surface area (Å²) in [5.74, 6) is -1.11. The van der Waals surface area contributed by atoms with Gasteiger partial charge in [-0.2, -0.15) is 11.3 Å². The van der Waals surface area contributed by atoms with Gasteiger partial charge < -0.3 is 5.11 Å². The average molecular weight is 331 g/mol. The van der Waals surface area contributed by atoms with Crippen LogP contribution in [0, 0.1) is 6.92 Å². The van der Waals surface area contributed by atoms with Crippen LogP contribution in [0.15, 0.2) is 27.1 Å². The lowest BCUT2D eigenvalue weighted by Gasteiger charge is -2.11. The summed E-state index contributed by atoms with van der Waals surface area (Å²) in [6.45, 7) is 3.33. The van der Waals surface area contributed by atoms with Crippen molar-refractivity contribution in [3.8, 4) is 0 Å². The van der Waals surface area contributed by atoms with E-state index in [1.165, 1.54) is 17.4 Å². The summed E-state index contributed by atoms with van der Waals surface area (Å²) in [6.07, 6.45) is 0. The predicted octanol–water partition coefficient (Wildman–Crippen LogP) is 2.86. The summed E-state index contributed by atoms with van der Waals surface area (Å²) in [4.78, 5) is 11.0. The third-order valence-corrected chi connectivity index (χ3v) is 6.67. The van der Waals surface area contributed by atoms with Gasteiger partial charge in [0.2, 0.25) is 0 Å². The molecule has 0 fully saturated rings. The first-order valence-electron chi connectivity index (χ1n) is 5.69. The number of rotatable bonds is 5. The number of sulfonamides is 1. The number of carboxylic acid groups (broad SMARTS) is 1. The molecule has 2 rings (SSSR count). The minimum Gasteiger partial charge on any atom is -0.477 e. The largest absolute Gasteiger partial charge is 0.477 e. The molecule has 1 atom stereocenters. The Morgan fingerprint density at radius 1 is 1.45 bits per heavy atom. The lowest BCUT2D eigenvalue weighted by molar-refractivity contribution is 0.0701. The van der Waals surface area contributed by atoms with Crippen LogP contribution in [0.1, 0.15) is 33.8 Å². The molecule has 0 saturated heterocycles. The van der Waals surface area contributed by atoms with Crippen molar-refractivity contribution in [2.24, 2.45) is 0 Å². The van der Waals surface area contributed by atoms with E-state index in [0.29, 0.717) is 5.56 Å². The maximum Gasteiger partial charge on any atom is 0.346 e. The second-order valence-corrected chi connectivity index (χ2v) is 8.06. The normalized spacial score (nSPS) is 13.3. The average Bonchev–Trinajstić information content (AvgIpc) is 2.96. The molecule has 2 heterocycles. The number of aryl methyl sites for hydroxylation is 1.